The average molecular weight is 415 g/mol. The molecule has 7 nitrogen and oxygen atoms in total. The van der Waals surface area contributed by atoms with E-state index in [0.717, 1.165) is 24.9 Å². The van der Waals surface area contributed by atoms with Crippen LogP contribution in [0.4, 0.5) is 13.6 Å². The number of ether oxygens (including phenoxy) is 2. The summed E-state index contributed by atoms with van der Waals surface area (Å²) in [4.78, 5) is 19.3. The highest BCUT2D eigenvalue weighted by molar-refractivity contribution is 5.74. The third-order valence-electron chi connectivity index (χ3n) is 4.26. The Morgan fingerprint density at radius 2 is 1.83 bits per heavy atom. The molecule has 1 aromatic carbocycles. The number of pyridine rings is 2. The minimum atomic E-state index is -3.45. The van der Waals surface area contributed by atoms with E-state index in [1.54, 1.807) is 31.5 Å². The first-order chi connectivity index (χ1) is 14.3. The molecule has 0 aliphatic carbocycles. The minimum Gasteiger partial charge on any atom is -0.496 e. The predicted octanol–water partition coefficient (Wildman–Crippen LogP) is 4.65. The van der Waals surface area contributed by atoms with Crippen molar-refractivity contribution in [3.63, 3.8) is 0 Å². The van der Waals surface area contributed by atoms with Crippen LogP contribution in [0.3, 0.4) is 0 Å². The molecule has 0 aliphatic heterocycles. The quantitative estimate of drug-likeness (QED) is 0.605. The Hall–Kier alpha value is -3.75. The Labute approximate surface area is 171 Å². The van der Waals surface area contributed by atoms with Gasteiger partial charge in [0.25, 0.3) is 0 Å². The Bertz CT molecular complexity index is 1030. The van der Waals surface area contributed by atoms with Gasteiger partial charge in [-0.05, 0) is 30.3 Å². The molecule has 30 heavy (non-hydrogen) atoms. The number of aromatic nitrogens is 2. The van der Waals surface area contributed by atoms with Crippen LogP contribution in [0.2, 0.25) is 0 Å². The molecule has 0 fully saturated rings. The summed E-state index contributed by atoms with van der Waals surface area (Å²) in [5, 5.41) is 8.79. The number of hydrogen-bond donors (Lipinski definition) is 1. The van der Waals surface area contributed by atoms with Crippen molar-refractivity contribution in [3.05, 3.63) is 66.6 Å². The number of benzene rings is 1. The first-order valence-electron chi connectivity index (χ1n) is 8.86. The van der Waals surface area contributed by atoms with Crippen molar-refractivity contribution in [1.29, 1.82) is 0 Å². The highest BCUT2D eigenvalue weighted by Gasteiger charge is 2.36. The molecule has 0 bridgehead atoms. The van der Waals surface area contributed by atoms with Crippen LogP contribution in [-0.4, -0.2) is 46.8 Å². The Morgan fingerprint density at radius 1 is 1.10 bits per heavy atom. The van der Waals surface area contributed by atoms with Crippen LogP contribution < -0.4 is 9.47 Å². The number of halogens is 2. The van der Waals surface area contributed by atoms with Gasteiger partial charge >= 0.3 is 12.0 Å². The summed E-state index contributed by atoms with van der Waals surface area (Å²) in [5.41, 5.74) is 0.859. The molecule has 0 spiro atoms. The summed E-state index contributed by atoms with van der Waals surface area (Å²) in [6, 6.07) is 13.3. The largest absolute Gasteiger partial charge is 0.496 e. The van der Waals surface area contributed by atoms with Gasteiger partial charge in [-0.2, -0.15) is 8.78 Å². The second-order valence-corrected chi connectivity index (χ2v) is 6.38. The van der Waals surface area contributed by atoms with Gasteiger partial charge in [-0.25, -0.2) is 9.78 Å². The minimum absolute atomic E-state index is 0.205. The van der Waals surface area contributed by atoms with Crippen LogP contribution in [0.1, 0.15) is 5.69 Å². The SMILES string of the molecule is COc1ccccc1-c1cccnc1Oc1ccc(C(F)(F)CN(C)C(=O)O)nc1. The Kier molecular flexibility index (Phi) is 6.10. The van der Waals surface area contributed by atoms with E-state index < -0.39 is 24.3 Å². The van der Waals surface area contributed by atoms with Crippen LogP contribution in [-0.2, 0) is 5.92 Å². The molecule has 2 heterocycles. The van der Waals surface area contributed by atoms with Gasteiger partial charge in [-0.1, -0.05) is 18.2 Å². The topological polar surface area (TPSA) is 84.8 Å². The van der Waals surface area contributed by atoms with Gasteiger partial charge in [0, 0.05) is 24.4 Å². The molecule has 0 saturated carbocycles. The van der Waals surface area contributed by atoms with Crippen molar-refractivity contribution in [1.82, 2.24) is 14.9 Å². The molecule has 3 aromatic rings. The molecule has 156 valence electrons. The lowest BCUT2D eigenvalue weighted by molar-refractivity contribution is -0.0322. The van der Waals surface area contributed by atoms with Gasteiger partial charge < -0.3 is 19.5 Å². The van der Waals surface area contributed by atoms with Crippen molar-refractivity contribution < 1.29 is 28.2 Å². The summed E-state index contributed by atoms with van der Waals surface area (Å²) >= 11 is 0. The number of nitrogens with zero attached hydrogens (tertiary/aromatic N) is 3. The van der Waals surface area contributed by atoms with E-state index in [9.17, 15) is 13.6 Å². The maximum atomic E-state index is 14.3. The molecule has 0 saturated heterocycles. The zero-order valence-electron chi connectivity index (χ0n) is 16.3. The van der Waals surface area contributed by atoms with E-state index in [1.165, 1.54) is 6.07 Å². The number of likely N-dealkylation sites (N-methyl/N-ethyl adjacent to an activating group) is 1. The van der Waals surface area contributed by atoms with E-state index in [4.69, 9.17) is 14.6 Å². The van der Waals surface area contributed by atoms with Crippen molar-refractivity contribution in [2.45, 2.75) is 5.92 Å². The third kappa shape index (κ3) is 4.62. The number of amides is 1. The molecule has 0 radical (unpaired) electrons. The zero-order chi connectivity index (χ0) is 21.7. The zero-order valence-corrected chi connectivity index (χ0v) is 16.3. The number of carbonyl (C=O) groups is 1. The van der Waals surface area contributed by atoms with E-state index >= 15 is 0 Å². The highest BCUT2D eigenvalue weighted by Crippen LogP contribution is 2.37. The number of rotatable bonds is 7. The smallest absolute Gasteiger partial charge is 0.407 e. The molecule has 1 amide bonds. The monoisotopic (exact) mass is 415 g/mol. The summed E-state index contributed by atoms with van der Waals surface area (Å²) in [7, 11) is 2.62. The fraction of sp³-hybridized carbons (Fsp3) is 0.190. The second-order valence-electron chi connectivity index (χ2n) is 6.38. The summed E-state index contributed by atoms with van der Waals surface area (Å²) < 4.78 is 39.7. The average Bonchev–Trinajstić information content (AvgIpc) is 2.74. The first-order valence-corrected chi connectivity index (χ1v) is 8.86. The lowest BCUT2D eigenvalue weighted by Crippen LogP contribution is -2.36. The van der Waals surface area contributed by atoms with Crippen molar-refractivity contribution in [2.24, 2.45) is 0 Å². The maximum absolute atomic E-state index is 14.3. The van der Waals surface area contributed by atoms with E-state index in [2.05, 4.69) is 9.97 Å². The predicted molar refractivity (Wildman–Crippen MR) is 105 cm³/mol. The van der Waals surface area contributed by atoms with Crippen LogP contribution in [0, 0.1) is 0 Å². The van der Waals surface area contributed by atoms with Crippen molar-refractivity contribution >= 4 is 6.09 Å². The van der Waals surface area contributed by atoms with Crippen molar-refractivity contribution in [3.8, 4) is 28.5 Å². The van der Waals surface area contributed by atoms with Gasteiger partial charge in [0.15, 0.2) is 0 Å². The number of alkyl halides is 2. The lowest BCUT2D eigenvalue weighted by atomic mass is 10.1. The molecular weight excluding hydrogens is 396 g/mol. The Balaban J connectivity index is 1.84. The van der Waals surface area contributed by atoms with Crippen LogP contribution in [0.25, 0.3) is 11.1 Å². The van der Waals surface area contributed by atoms with E-state index in [-0.39, 0.29) is 11.6 Å². The van der Waals surface area contributed by atoms with Gasteiger partial charge in [0.1, 0.15) is 17.2 Å². The molecule has 0 unspecified atom stereocenters. The standard InChI is InChI=1S/C21H19F2N3O4/c1-26(20(27)28)13-21(22,23)18-10-9-14(12-25-18)30-19-16(7-5-11-24-19)15-6-3-4-8-17(15)29-2/h3-12H,13H2,1-2H3,(H,27,28). The van der Waals surface area contributed by atoms with Gasteiger partial charge in [-0.15, -0.1) is 0 Å². The van der Waals surface area contributed by atoms with Crippen LogP contribution in [0.5, 0.6) is 17.4 Å². The molecular formula is C21H19F2N3O4. The number of hydrogen-bond acceptors (Lipinski definition) is 5. The highest BCUT2D eigenvalue weighted by atomic mass is 19.3. The normalized spacial score (nSPS) is 11.1. The second kappa shape index (κ2) is 8.73. The molecule has 3 rings (SSSR count). The molecule has 1 N–H and O–H groups in total. The van der Waals surface area contributed by atoms with Gasteiger partial charge in [0.05, 0.1) is 19.9 Å². The van der Waals surface area contributed by atoms with E-state index in [1.807, 2.05) is 18.2 Å². The van der Waals surface area contributed by atoms with Gasteiger partial charge in [0.2, 0.25) is 5.88 Å². The number of carboxylic acid groups (broad SMARTS) is 1. The maximum Gasteiger partial charge on any atom is 0.407 e. The summed E-state index contributed by atoms with van der Waals surface area (Å²) in [6.07, 6.45) is 1.24. The third-order valence-corrected chi connectivity index (χ3v) is 4.26. The lowest BCUT2D eigenvalue weighted by Gasteiger charge is -2.21. The summed E-state index contributed by atoms with van der Waals surface area (Å²) in [6.45, 7) is -1.01. The van der Waals surface area contributed by atoms with E-state index in [0.29, 0.717) is 16.2 Å². The number of methoxy groups -OCH3 is 1. The fourth-order valence-corrected chi connectivity index (χ4v) is 2.76. The summed E-state index contributed by atoms with van der Waals surface area (Å²) in [5.74, 6) is -2.35. The molecule has 2 aromatic heterocycles. The first kappa shape index (κ1) is 21.0. The number of para-hydroxylation sites is 1. The van der Waals surface area contributed by atoms with Crippen LogP contribution >= 0.6 is 0 Å². The van der Waals surface area contributed by atoms with Crippen LogP contribution in [0.15, 0.2) is 60.9 Å². The molecule has 9 heteroatoms. The Morgan fingerprint density at radius 3 is 2.50 bits per heavy atom. The van der Waals surface area contributed by atoms with Crippen molar-refractivity contribution in [2.75, 3.05) is 20.7 Å². The fourth-order valence-electron chi connectivity index (χ4n) is 2.76. The molecule has 0 aliphatic rings. The molecule has 0 atom stereocenters. The van der Waals surface area contributed by atoms with Gasteiger partial charge in [-0.3, -0.25) is 4.98 Å².